The van der Waals surface area contributed by atoms with Crippen LogP contribution in [-0.2, 0) is 19.7 Å². The highest BCUT2D eigenvalue weighted by atomic mass is 16.5. The largest absolute Gasteiger partial charge is 0.468 e. The first kappa shape index (κ1) is 10.9. The highest BCUT2D eigenvalue weighted by Gasteiger charge is 2.47. The fourth-order valence-corrected chi connectivity index (χ4v) is 2.36. The Bertz CT molecular complexity index is 410. The van der Waals surface area contributed by atoms with Crippen LogP contribution in [0.4, 0.5) is 0 Å². The van der Waals surface area contributed by atoms with Gasteiger partial charge in [-0.15, -0.1) is 0 Å². The van der Waals surface area contributed by atoms with E-state index in [-0.39, 0.29) is 18.2 Å². The summed E-state index contributed by atoms with van der Waals surface area (Å²) in [6.45, 7) is 0. The second-order valence-corrected chi connectivity index (χ2v) is 4.16. The molecule has 0 amide bonds. The summed E-state index contributed by atoms with van der Waals surface area (Å²) in [6.07, 6.45) is 1.29. The maximum atomic E-state index is 11.9. The summed E-state index contributed by atoms with van der Waals surface area (Å²) in [4.78, 5) is 23.4. The lowest BCUT2D eigenvalue weighted by Crippen LogP contribution is -2.34. The molecule has 2 rings (SSSR count). The van der Waals surface area contributed by atoms with Gasteiger partial charge in [0.2, 0.25) is 0 Å². The monoisotopic (exact) mass is 218 g/mol. The second kappa shape index (κ2) is 4.08. The standard InChI is InChI=1S/C13H14O3/c1-16-12(15)13(8-7-11(14)9-13)10-5-3-2-4-6-10/h2-6H,7-9H2,1H3. The first-order valence-corrected chi connectivity index (χ1v) is 5.35. The first-order chi connectivity index (χ1) is 7.69. The fourth-order valence-electron chi connectivity index (χ4n) is 2.36. The number of ether oxygens (including phenoxy) is 1. The fraction of sp³-hybridized carbons (Fsp3) is 0.385. The number of carbonyl (C=O) groups excluding carboxylic acids is 2. The van der Waals surface area contributed by atoms with Crippen molar-refractivity contribution in [1.29, 1.82) is 0 Å². The molecule has 1 saturated carbocycles. The molecule has 1 aromatic rings. The van der Waals surface area contributed by atoms with Gasteiger partial charge >= 0.3 is 5.97 Å². The molecule has 0 bridgehead atoms. The molecule has 0 saturated heterocycles. The van der Waals surface area contributed by atoms with Gasteiger partial charge in [0.15, 0.2) is 0 Å². The summed E-state index contributed by atoms with van der Waals surface area (Å²) in [5.74, 6) is -0.168. The van der Waals surface area contributed by atoms with Crippen LogP contribution in [0.1, 0.15) is 24.8 Å². The van der Waals surface area contributed by atoms with E-state index in [9.17, 15) is 9.59 Å². The predicted octanol–water partition coefficient (Wildman–Crippen LogP) is 1.85. The van der Waals surface area contributed by atoms with Crippen molar-refractivity contribution in [3.05, 3.63) is 35.9 Å². The van der Waals surface area contributed by atoms with E-state index < -0.39 is 5.41 Å². The molecule has 0 aromatic heterocycles. The molecule has 0 radical (unpaired) electrons. The number of Topliss-reactive ketones (excluding diaryl/α,β-unsaturated/α-hetero) is 1. The third-order valence-electron chi connectivity index (χ3n) is 3.23. The molecule has 0 heterocycles. The van der Waals surface area contributed by atoms with Crippen molar-refractivity contribution in [2.45, 2.75) is 24.7 Å². The Morgan fingerprint density at radius 3 is 2.50 bits per heavy atom. The Balaban J connectivity index is 2.44. The summed E-state index contributed by atoms with van der Waals surface area (Å²) in [5.41, 5.74) is 0.139. The lowest BCUT2D eigenvalue weighted by Gasteiger charge is -2.25. The normalized spacial score (nSPS) is 24.4. The molecule has 0 spiro atoms. The van der Waals surface area contributed by atoms with Gasteiger partial charge in [0.05, 0.1) is 7.11 Å². The Kier molecular flexibility index (Phi) is 2.77. The van der Waals surface area contributed by atoms with E-state index in [4.69, 9.17) is 4.74 Å². The lowest BCUT2D eigenvalue weighted by molar-refractivity contribution is -0.148. The number of hydrogen-bond acceptors (Lipinski definition) is 3. The van der Waals surface area contributed by atoms with Gasteiger partial charge in [-0.1, -0.05) is 30.3 Å². The molecule has 1 atom stereocenters. The van der Waals surface area contributed by atoms with Gasteiger partial charge < -0.3 is 4.74 Å². The Hall–Kier alpha value is -1.64. The second-order valence-electron chi connectivity index (χ2n) is 4.16. The summed E-state index contributed by atoms with van der Waals surface area (Å²) in [6, 6.07) is 9.42. The zero-order valence-corrected chi connectivity index (χ0v) is 9.23. The number of benzene rings is 1. The SMILES string of the molecule is COC(=O)C1(c2ccccc2)CCC(=O)C1. The van der Waals surface area contributed by atoms with Gasteiger partial charge in [-0.25, -0.2) is 0 Å². The Morgan fingerprint density at radius 2 is 2.00 bits per heavy atom. The maximum absolute atomic E-state index is 11.9. The molecule has 1 unspecified atom stereocenters. The molecular weight excluding hydrogens is 204 g/mol. The quantitative estimate of drug-likeness (QED) is 0.711. The maximum Gasteiger partial charge on any atom is 0.316 e. The summed E-state index contributed by atoms with van der Waals surface area (Å²) >= 11 is 0. The molecule has 3 nitrogen and oxygen atoms in total. The van der Waals surface area contributed by atoms with E-state index in [0.29, 0.717) is 12.8 Å². The van der Waals surface area contributed by atoms with Crippen molar-refractivity contribution in [2.75, 3.05) is 7.11 Å². The van der Waals surface area contributed by atoms with Crippen molar-refractivity contribution >= 4 is 11.8 Å². The van der Waals surface area contributed by atoms with Gasteiger partial charge in [0.25, 0.3) is 0 Å². The summed E-state index contributed by atoms with van der Waals surface area (Å²) in [7, 11) is 1.37. The van der Waals surface area contributed by atoms with Crippen molar-refractivity contribution in [1.82, 2.24) is 0 Å². The van der Waals surface area contributed by atoms with Crippen LogP contribution in [0.2, 0.25) is 0 Å². The highest BCUT2D eigenvalue weighted by Crippen LogP contribution is 2.40. The van der Waals surface area contributed by atoms with E-state index in [1.54, 1.807) is 0 Å². The average Bonchev–Trinajstić information content (AvgIpc) is 2.73. The third-order valence-corrected chi connectivity index (χ3v) is 3.23. The Morgan fingerprint density at radius 1 is 1.31 bits per heavy atom. The molecule has 1 aliphatic carbocycles. The van der Waals surface area contributed by atoms with Crippen LogP contribution in [0.15, 0.2) is 30.3 Å². The molecular formula is C13H14O3. The average molecular weight is 218 g/mol. The molecule has 1 aliphatic rings. The van der Waals surface area contributed by atoms with E-state index in [2.05, 4.69) is 0 Å². The third kappa shape index (κ3) is 1.62. The molecule has 1 fully saturated rings. The van der Waals surface area contributed by atoms with Crippen LogP contribution in [-0.4, -0.2) is 18.9 Å². The minimum Gasteiger partial charge on any atom is -0.468 e. The lowest BCUT2D eigenvalue weighted by atomic mass is 9.79. The molecule has 1 aromatic carbocycles. The summed E-state index contributed by atoms with van der Waals surface area (Å²) in [5, 5.41) is 0. The van der Waals surface area contributed by atoms with Crippen molar-refractivity contribution in [2.24, 2.45) is 0 Å². The number of rotatable bonds is 2. The van der Waals surface area contributed by atoms with Crippen LogP contribution >= 0.6 is 0 Å². The van der Waals surface area contributed by atoms with Gasteiger partial charge in [-0.3, -0.25) is 9.59 Å². The number of methoxy groups -OCH3 is 1. The van der Waals surface area contributed by atoms with Gasteiger partial charge in [-0.2, -0.15) is 0 Å². The first-order valence-electron chi connectivity index (χ1n) is 5.35. The zero-order valence-electron chi connectivity index (χ0n) is 9.23. The minimum atomic E-state index is -0.743. The molecule has 84 valence electrons. The predicted molar refractivity (Wildman–Crippen MR) is 59.0 cm³/mol. The number of ketones is 1. The topological polar surface area (TPSA) is 43.4 Å². The van der Waals surface area contributed by atoms with Crippen molar-refractivity contribution in [3.63, 3.8) is 0 Å². The van der Waals surface area contributed by atoms with E-state index >= 15 is 0 Å². The molecule has 0 aliphatic heterocycles. The van der Waals surface area contributed by atoms with Crippen LogP contribution in [0.5, 0.6) is 0 Å². The molecule has 16 heavy (non-hydrogen) atoms. The van der Waals surface area contributed by atoms with Crippen LogP contribution < -0.4 is 0 Å². The zero-order chi connectivity index (χ0) is 11.6. The van der Waals surface area contributed by atoms with E-state index in [1.807, 2.05) is 30.3 Å². The Labute approximate surface area is 94.4 Å². The van der Waals surface area contributed by atoms with Gasteiger partial charge in [0, 0.05) is 12.8 Å². The van der Waals surface area contributed by atoms with Gasteiger partial charge in [0.1, 0.15) is 11.2 Å². The smallest absolute Gasteiger partial charge is 0.316 e. The number of esters is 1. The van der Waals surface area contributed by atoms with Crippen molar-refractivity contribution in [3.8, 4) is 0 Å². The van der Waals surface area contributed by atoms with E-state index in [1.165, 1.54) is 7.11 Å². The number of hydrogen-bond donors (Lipinski definition) is 0. The van der Waals surface area contributed by atoms with Gasteiger partial charge in [-0.05, 0) is 12.0 Å². The van der Waals surface area contributed by atoms with Crippen LogP contribution in [0, 0.1) is 0 Å². The van der Waals surface area contributed by atoms with Crippen LogP contribution in [0.3, 0.4) is 0 Å². The molecule has 3 heteroatoms. The van der Waals surface area contributed by atoms with E-state index in [0.717, 1.165) is 5.56 Å². The summed E-state index contributed by atoms with van der Waals surface area (Å²) < 4.78 is 4.85. The highest BCUT2D eigenvalue weighted by molar-refractivity contribution is 5.94. The molecule has 0 N–H and O–H groups in total. The van der Waals surface area contributed by atoms with Crippen LogP contribution in [0.25, 0.3) is 0 Å². The number of carbonyl (C=O) groups is 2. The van der Waals surface area contributed by atoms with Crippen molar-refractivity contribution < 1.29 is 14.3 Å². The minimum absolute atomic E-state index is 0.134.